The Labute approximate surface area is 149 Å². The molecule has 25 heavy (non-hydrogen) atoms. The zero-order chi connectivity index (χ0) is 18.7. The average molecular weight is 345 g/mol. The molecule has 0 amide bonds. The first-order chi connectivity index (χ1) is 11.8. The molecule has 0 unspecified atom stereocenters. The van der Waals surface area contributed by atoms with Gasteiger partial charge in [0, 0.05) is 29.6 Å². The van der Waals surface area contributed by atoms with Crippen molar-refractivity contribution in [2.75, 3.05) is 6.61 Å². The van der Waals surface area contributed by atoms with E-state index in [0.717, 1.165) is 40.6 Å². The SMILES string of the molecule is CCc1c(C(C)C)nc(C(C)C)c(CCO)c1-c1ccc(F)cc1O. The lowest BCUT2D eigenvalue weighted by Gasteiger charge is -2.24. The van der Waals surface area contributed by atoms with E-state index in [1.165, 1.54) is 6.07 Å². The normalized spacial score (nSPS) is 11.6. The van der Waals surface area contributed by atoms with Gasteiger partial charge in [0.1, 0.15) is 11.6 Å². The lowest BCUT2D eigenvalue weighted by atomic mass is 9.85. The quantitative estimate of drug-likeness (QED) is 0.780. The summed E-state index contributed by atoms with van der Waals surface area (Å²) in [5.41, 5.74) is 5.45. The topological polar surface area (TPSA) is 53.4 Å². The van der Waals surface area contributed by atoms with Gasteiger partial charge in [-0.15, -0.1) is 0 Å². The molecule has 136 valence electrons. The molecule has 0 aliphatic heterocycles. The number of phenolic OH excluding ortho intramolecular Hbond substituents is 1. The van der Waals surface area contributed by atoms with Crippen LogP contribution in [-0.4, -0.2) is 21.8 Å². The first-order valence-corrected chi connectivity index (χ1v) is 8.97. The first kappa shape index (κ1) is 19.4. The molecule has 0 spiro atoms. The van der Waals surface area contributed by atoms with Crippen LogP contribution in [0, 0.1) is 5.82 Å². The molecule has 2 N–H and O–H groups in total. The van der Waals surface area contributed by atoms with Gasteiger partial charge in [0.15, 0.2) is 0 Å². The van der Waals surface area contributed by atoms with E-state index in [0.29, 0.717) is 12.0 Å². The van der Waals surface area contributed by atoms with E-state index < -0.39 is 5.82 Å². The number of benzene rings is 1. The van der Waals surface area contributed by atoms with Crippen LogP contribution in [0.4, 0.5) is 4.39 Å². The van der Waals surface area contributed by atoms with E-state index in [4.69, 9.17) is 4.98 Å². The molecule has 2 rings (SSSR count). The number of phenols is 1. The molecule has 4 heteroatoms. The predicted molar refractivity (Wildman–Crippen MR) is 99.6 cm³/mol. The molecule has 0 radical (unpaired) electrons. The summed E-state index contributed by atoms with van der Waals surface area (Å²) in [5.74, 6) is -0.127. The summed E-state index contributed by atoms with van der Waals surface area (Å²) in [7, 11) is 0. The molecule has 3 nitrogen and oxygen atoms in total. The lowest BCUT2D eigenvalue weighted by molar-refractivity contribution is 0.299. The molecule has 0 bridgehead atoms. The van der Waals surface area contributed by atoms with Crippen LogP contribution in [0.15, 0.2) is 18.2 Å². The Morgan fingerprint density at radius 1 is 1.04 bits per heavy atom. The van der Waals surface area contributed by atoms with Crippen molar-refractivity contribution in [3.8, 4) is 16.9 Å². The van der Waals surface area contributed by atoms with E-state index in [9.17, 15) is 14.6 Å². The molecule has 0 saturated carbocycles. The monoisotopic (exact) mass is 345 g/mol. The van der Waals surface area contributed by atoms with Gasteiger partial charge in [-0.3, -0.25) is 4.98 Å². The second-order valence-electron chi connectivity index (χ2n) is 7.01. The number of rotatable bonds is 6. The number of aliphatic hydroxyl groups excluding tert-OH is 1. The highest BCUT2D eigenvalue weighted by Gasteiger charge is 2.24. The van der Waals surface area contributed by atoms with Gasteiger partial charge in [0.05, 0.1) is 0 Å². The van der Waals surface area contributed by atoms with Crippen molar-refractivity contribution >= 4 is 0 Å². The van der Waals surface area contributed by atoms with Crippen molar-refractivity contribution in [2.24, 2.45) is 0 Å². The molecule has 0 fully saturated rings. The maximum Gasteiger partial charge on any atom is 0.126 e. The van der Waals surface area contributed by atoms with Crippen molar-refractivity contribution in [1.82, 2.24) is 4.98 Å². The highest BCUT2D eigenvalue weighted by Crippen LogP contribution is 2.40. The van der Waals surface area contributed by atoms with Crippen LogP contribution in [0.2, 0.25) is 0 Å². The highest BCUT2D eigenvalue weighted by molar-refractivity contribution is 5.78. The third-order valence-corrected chi connectivity index (χ3v) is 4.50. The number of aromatic nitrogens is 1. The highest BCUT2D eigenvalue weighted by atomic mass is 19.1. The third-order valence-electron chi connectivity index (χ3n) is 4.50. The number of halogens is 1. The van der Waals surface area contributed by atoms with Crippen molar-refractivity contribution < 1.29 is 14.6 Å². The van der Waals surface area contributed by atoms with Gasteiger partial charge in [-0.2, -0.15) is 0 Å². The fourth-order valence-electron chi connectivity index (χ4n) is 3.42. The minimum atomic E-state index is -0.467. The molecule has 0 saturated heterocycles. The number of hydrogen-bond donors (Lipinski definition) is 2. The number of nitrogens with zero attached hydrogens (tertiary/aromatic N) is 1. The Bertz CT molecular complexity index is 754. The van der Waals surface area contributed by atoms with Gasteiger partial charge in [-0.05, 0) is 53.5 Å². The van der Waals surface area contributed by atoms with Crippen LogP contribution >= 0.6 is 0 Å². The fraction of sp³-hybridized carbons (Fsp3) is 0.476. The van der Waals surface area contributed by atoms with Gasteiger partial charge in [0.25, 0.3) is 0 Å². The van der Waals surface area contributed by atoms with Crippen LogP contribution in [0.3, 0.4) is 0 Å². The zero-order valence-electron chi connectivity index (χ0n) is 15.7. The third kappa shape index (κ3) is 3.84. The maximum atomic E-state index is 13.5. The van der Waals surface area contributed by atoms with Crippen LogP contribution in [0.1, 0.15) is 69.0 Å². The summed E-state index contributed by atoms with van der Waals surface area (Å²) < 4.78 is 13.5. The second-order valence-corrected chi connectivity index (χ2v) is 7.01. The Balaban J connectivity index is 2.94. The predicted octanol–water partition coefficient (Wildman–Crippen LogP) is 4.94. The largest absolute Gasteiger partial charge is 0.507 e. The molecule has 0 atom stereocenters. The van der Waals surface area contributed by atoms with E-state index in [2.05, 4.69) is 34.6 Å². The zero-order valence-corrected chi connectivity index (χ0v) is 15.7. The minimum absolute atomic E-state index is 0.000532. The maximum absolute atomic E-state index is 13.5. The number of aromatic hydroxyl groups is 1. The number of pyridine rings is 1. The van der Waals surface area contributed by atoms with Crippen molar-refractivity contribution in [3.63, 3.8) is 0 Å². The number of aliphatic hydroxyl groups is 1. The first-order valence-electron chi connectivity index (χ1n) is 8.97. The lowest BCUT2D eigenvalue weighted by Crippen LogP contribution is -2.13. The molecular weight excluding hydrogens is 317 g/mol. The van der Waals surface area contributed by atoms with Gasteiger partial charge < -0.3 is 10.2 Å². The van der Waals surface area contributed by atoms with Crippen molar-refractivity contribution in [2.45, 2.75) is 59.3 Å². The average Bonchev–Trinajstić information content (AvgIpc) is 2.54. The Kier molecular flexibility index (Phi) is 6.17. The molecular formula is C21H28FNO2. The van der Waals surface area contributed by atoms with E-state index in [-0.39, 0.29) is 24.2 Å². The smallest absolute Gasteiger partial charge is 0.126 e. The van der Waals surface area contributed by atoms with Crippen LogP contribution in [-0.2, 0) is 12.8 Å². The summed E-state index contributed by atoms with van der Waals surface area (Å²) in [5, 5.41) is 20.0. The van der Waals surface area contributed by atoms with Gasteiger partial charge in [-0.1, -0.05) is 34.6 Å². The summed E-state index contributed by atoms with van der Waals surface area (Å²) in [4.78, 5) is 4.93. The van der Waals surface area contributed by atoms with Crippen molar-refractivity contribution in [1.29, 1.82) is 0 Å². The summed E-state index contributed by atoms with van der Waals surface area (Å²) in [6.45, 7) is 10.4. The Hall–Kier alpha value is -1.94. The Morgan fingerprint density at radius 3 is 2.12 bits per heavy atom. The second kappa shape index (κ2) is 7.96. The summed E-state index contributed by atoms with van der Waals surface area (Å²) >= 11 is 0. The summed E-state index contributed by atoms with van der Waals surface area (Å²) in [6, 6.07) is 4.12. The van der Waals surface area contributed by atoms with E-state index in [1.807, 2.05) is 0 Å². The molecule has 1 aromatic heterocycles. The standard InChI is InChI=1S/C21H28FNO2/c1-6-15-19(16-8-7-14(22)11-18(16)25)17(9-10-24)21(13(4)5)23-20(15)12(2)3/h7-8,11-13,24-25H,6,9-10H2,1-5H3. The van der Waals surface area contributed by atoms with Crippen LogP contribution in [0.25, 0.3) is 11.1 Å². The Morgan fingerprint density at radius 2 is 1.64 bits per heavy atom. The fourth-order valence-corrected chi connectivity index (χ4v) is 3.42. The molecule has 1 aromatic carbocycles. The van der Waals surface area contributed by atoms with Crippen molar-refractivity contribution in [3.05, 3.63) is 46.5 Å². The number of hydrogen-bond acceptors (Lipinski definition) is 3. The van der Waals surface area contributed by atoms with E-state index >= 15 is 0 Å². The van der Waals surface area contributed by atoms with Gasteiger partial charge in [0.2, 0.25) is 0 Å². The molecule has 0 aliphatic rings. The van der Waals surface area contributed by atoms with Crippen LogP contribution < -0.4 is 0 Å². The molecule has 2 aromatic rings. The van der Waals surface area contributed by atoms with Gasteiger partial charge in [-0.25, -0.2) is 4.39 Å². The van der Waals surface area contributed by atoms with Crippen LogP contribution in [0.5, 0.6) is 5.75 Å². The molecule has 1 heterocycles. The minimum Gasteiger partial charge on any atom is -0.507 e. The van der Waals surface area contributed by atoms with Gasteiger partial charge >= 0.3 is 0 Å². The molecule has 0 aliphatic carbocycles. The summed E-state index contributed by atoms with van der Waals surface area (Å²) in [6.07, 6.45) is 1.21. The van der Waals surface area contributed by atoms with E-state index in [1.54, 1.807) is 6.07 Å².